The first kappa shape index (κ1) is 21.6. The van der Waals surface area contributed by atoms with E-state index in [1.165, 1.54) is 11.8 Å². The van der Waals surface area contributed by atoms with Gasteiger partial charge in [-0.3, -0.25) is 9.36 Å². The number of nitrogens with zero attached hydrogens (tertiary/aromatic N) is 5. The van der Waals surface area contributed by atoms with Crippen molar-refractivity contribution in [2.75, 3.05) is 30.9 Å². The van der Waals surface area contributed by atoms with Crippen molar-refractivity contribution in [2.45, 2.75) is 18.1 Å². The van der Waals surface area contributed by atoms with E-state index < -0.39 is 0 Å². The van der Waals surface area contributed by atoms with E-state index in [4.69, 9.17) is 10.00 Å². The zero-order valence-corrected chi connectivity index (χ0v) is 17.6. The first-order chi connectivity index (χ1) is 14.7. The molecule has 0 unspecified atom stereocenters. The normalized spacial score (nSPS) is 10.5. The number of anilines is 1. The average molecular weight is 422 g/mol. The van der Waals surface area contributed by atoms with Gasteiger partial charge in [-0.1, -0.05) is 60.3 Å². The Labute approximate surface area is 180 Å². The van der Waals surface area contributed by atoms with Gasteiger partial charge in [0.25, 0.3) is 0 Å². The molecule has 0 saturated heterocycles. The number of nitriles is 1. The number of hydrogen-bond donors (Lipinski definition) is 0. The average Bonchev–Trinajstić information content (AvgIpc) is 3.20. The fourth-order valence-corrected chi connectivity index (χ4v) is 3.79. The summed E-state index contributed by atoms with van der Waals surface area (Å²) in [5.41, 5.74) is 1.74. The van der Waals surface area contributed by atoms with Crippen LogP contribution in [-0.4, -0.2) is 46.7 Å². The van der Waals surface area contributed by atoms with Gasteiger partial charge in [-0.25, -0.2) is 0 Å². The quantitative estimate of drug-likeness (QED) is 0.465. The molecule has 0 N–H and O–H groups in total. The number of methoxy groups -OCH3 is 1. The molecule has 0 fully saturated rings. The van der Waals surface area contributed by atoms with Crippen molar-refractivity contribution in [1.29, 1.82) is 5.26 Å². The molecule has 1 heterocycles. The number of carbonyl (C=O) groups excluding carboxylic acids is 1. The van der Waals surface area contributed by atoms with Crippen molar-refractivity contribution in [1.82, 2.24) is 14.8 Å². The smallest absolute Gasteiger partial charge is 0.237 e. The maximum atomic E-state index is 12.9. The largest absolute Gasteiger partial charge is 0.383 e. The fraction of sp³-hybridized carbons (Fsp3) is 0.273. The molecule has 8 heteroatoms. The first-order valence-corrected chi connectivity index (χ1v) is 10.6. The molecule has 0 radical (unpaired) electrons. The molecule has 3 aromatic rings. The van der Waals surface area contributed by atoms with Crippen molar-refractivity contribution >= 4 is 23.4 Å². The van der Waals surface area contributed by atoms with E-state index in [0.29, 0.717) is 24.9 Å². The van der Waals surface area contributed by atoms with Crippen molar-refractivity contribution in [2.24, 2.45) is 0 Å². The van der Waals surface area contributed by atoms with Gasteiger partial charge in [0.1, 0.15) is 0 Å². The maximum Gasteiger partial charge on any atom is 0.237 e. The van der Waals surface area contributed by atoms with Crippen molar-refractivity contribution in [3.05, 3.63) is 60.7 Å². The highest BCUT2D eigenvalue weighted by atomic mass is 32.2. The summed E-state index contributed by atoms with van der Waals surface area (Å²) >= 11 is 1.34. The molecule has 0 aliphatic rings. The lowest BCUT2D eigenvalue weighted by molar-refractivity contribution is -0.116. The Morgan fingerprint density at radius 1 is 1.13 bits per heavy atom. The van der Waals surface area contributed by atoms with Gasteiger partial charge < -0.3 is 9.64 Å². The van der Waals surface area contributed by atoms with Gasteiger partial charge in [0, 0.05) is 24.9 Å². The van der Waals surface area contributed by atoms with Crippen LogP contribution in [0.5, 0.6) is 0 Å². The third-order valence-electron chi connectivity index (χ3n) is 4.41. The highest BCUT2D eigenvalue weighted by molar-refractivity contribution is 7.99. The second-order valence-corrected chi connectivity index (χ2v) is 7.34. The lowest BCUT2D eigenvalue weighted by atomic mass is 10.2. The Balaban J connectivity index is 1.77. The number of aromatic nitrogens is 3. The molecule has 154 valence electrons. The monoisotopic (exact) mass is 421 g/mol. The predicted molar refractivity (Wildman–Crippen MR) is 117 cm³/mol. The maximum absolute atomic E-state index is 12.9. The molecule has 0 spiro atoms. The van der Waals surface area contributed by atoms with Gasteiger partial charge in [0.2, 0.25) is 5.91 Å². The zero-order chi connectivity index (χ0) is 21.2. The third-order valence-corrected chi connectivity index (χ3v) is 5.36. The standard InChI is InChI=1S/C22H23N5O2S/c1-29-16-15-27-21(18-9-4-2-5-10-18)24-25-22(27)30-17-20(28)26(14-8-13-23)19-11-6-3-7-12-19/h2-7,9-12H,8,14-17H2,1H3. The minimum atomic E-state index is -0.0796. The van der Waals surface area contributed by atoms with Gasteiger partial charge in [0.05, 0.1) is 31.4 Å². The Bertz CT molecular complexity index is 986. The number of rotatable bonds is 10. The van der Waals surface area contributed by atoms with Crippen LogP contribution in [0.4, 0.5) is 5.69 Å². The molecular formula is C22H23N5O2S. The van der Waals surface area contributed by atoms with Crippen LogP contribution in [0.3, 0.4) is 0 Å². The van der Waals surface area contributed by atoms with Crippen LogP contribution in [0.2, 0.25) is 0 Å². The van der Waals surface area contributed by atoms with Gasteiger partial charge in [-0.2, -0.15) is 5.26 Å². The zero-order valence-electron chi connectivity index (χ0n) is 16.8. The minimum Gasteiger partial charge on any atom is -0.383 e. The summed E-state index contributed by atoms with van der Waals surface area (Å²) in [5.74, 6) is 0.858. The van der Waals surface area contributed by atoms with Crippen molar-refractivity contribution in [3.63, 3.8) is 0 Å². The van der Waals surface area contributed by atoms with Gasteiger partial charge in [0.15, 0.2) is 11.0 Å². The van der Waals surface area contributed by atoms with E-state index in [0.717, 1.165) is 17.1 Å². The van der Waals surface area contributed by atoms with Gasteiger partial charge >= 0.3 is 0 Å². The van der Waals surface area contributed by atoms with Crippen LogP contribution in [0.25, 0.3) is 11.4 Å². The van der Waals surface area contributed by atoms with Crippen molar-refractivity contribution in [3.8, 4) is 17.5 Å². The van der Waals surface area contributed by atoms with E-state index in [-0.39, 0.29) is 18.1 Å². The lowest BCUT2D eigenvalue weighted by Gasteiger charge is -2.21. The summed E-state index contributed by atoms with van der Waals surface area (Å²) in [5, 5.41) is 18.3. The van der Waals surface area contributed by atoms with Gasteiger partial charge in [-0.15, -0.1) is 10.2 Å². The van der Waals surface area contributed by atoms with Crippen molar-refractivity contribution < 1.29 is 9.53 Å². The van der Waals surface area contributed by atoms with E-state index in [1.807, 2.05) is 65.2 Å². The van der Waals surface area contributed by atoms with Crippen LogP contribution < -0.4 is 4.90 Å². The van der Waals surface area contributed by atoms with Crippen LogP contribution in [-0.2, 0) is 16.1 Å². The minimum absolute atomic E-state index is 0.0796. The Kier molecular flexibility index (Phi) is 8.01. The molecule has 0 atom stereocenters. The van der Waals surface area contributed by atoms with E-state index >= 15 is 0 Å². The number of carbonyl (C=O) groups is 1. The number of thioether (sulfide) groups is 1. The summed E-state index contributed by atoms with van der Waals surface area (Å²) in [6.45, 7) is 1.45. The fourth-order valence-electron chi connectivity index (χ4n) is 2.95. The summed E-state index contributed by atoms with van der Waals surface area (Å²) in [6, 6.07) is 21.3. The molecule has 0 saturated carbocycles. The molecule has 30 heavy (non-hydrogen) atoms. The van der Waals surface area contributed by atoms with E-state index in [9.17, 15) is 4.79 Å². The second-order valence-electron chi connectivity index (χ2n) is 6.39. The third kappa shape index (κ3) is 5.47. The Hall–Kier alpha value is -3.15. The SMILES string of the molecule is COCCn1c(SCC(=O)N(CCC#N)c2ccccc2)nnc1-c1ccccc1. The molecule has 3 rings (SSSR count). The summed E-state index contributed by atoms with van der Waals surface area (Å²) in [4.78, 5) is 14.6. The lowest BCUT2D eigenvalue weighted by Crippen LogP contribution is -2.33. The van der Waals surface area contributed by atoms with Crippen LogP contribution in [0.15, 0.2) is 65.8 Å². The summed E-state index contributed by atoms with van der Waals surface area (Å²) in [6.07, 6.45) is 0.271. The molecule has 2 aromatic carbocycles. The summed E-state index contributed by atoms with van der Waals surface area (Å²) < 4.78 is 7.21. The number of amides is 1. The Morgan fingerprint density at radius 2 is 1.83 bits per heavy atom. The first-order valence-electron chi connectivity index (χ1n) is 9.57. The molecule has 0 bridgehead atoms. The van der Waals surface area contributed by atoms with Crippen LogP contribution >= 0.6 is 11.8 Å². The second kappa shape index (κ2) is 11.1. The molecule has 1 aromatic heterocycles. The Morgan fingerprint density at radius 3 is 2.50 bits per heavy atom. The van der Waals surface area contributed by atoms with Crippen LogP contribution in [0.1, 0.15) is 6.42 Å². The highest BCUT2D eigenvalue weighted by Gasteiger charge is 2.19. The molecule has 0 aliphatic heterocycles. The number of para-hydroxylation sites is 1. The van der Waals surface area contributed by atoms with E-state index in [2.05, 4.69) is 16.3 Å². The van der Waals surface area contributed by atoms with Gasteiger partial charge in [-0.05, 0) is 12.1 Å². The van der Waals surface area contributed by atoms with Crippen LogP contribution in [0, 0.1) is 11.3 Å². The molecule has 1 amide bonds. The predicted octanol–water partition coefficient (Wildman–Crippen LogP) is 3.63. The molecule has 7 nitrogen and oxygen atoms in total. The number of hydrogen-bond acceptors (Lipinski definition) is 6. The number of benzene rings is 2. The van der Waals surface area contributed by atoms with E-state index in [1.54, 1.807) is 12.0 Å². The summed E-state index contributed by atoms with van der Waals surface area (Å²) in [7, 11) is 1.65. The topological polar surface area (TPSA) is 84.0 Å². The molecular weight excluding hydrogens is 398 g/mol. The number of ether oxygens (including phenoxy) is 1. The highest BCUT2D eigenvalue weighted by Crippen LogP contribution is 2.25. The molecule has 0 aliphatic carbocycles.